The zero-order chi connectivity index (χ0) is 14.1. The zero-order valence-corrected chi connectivity index (χ0v) is 11.7. The molecule has 2 heterocycles. The van der Waals surface area contributed by atoms with E-state index >= 15 is 0 Å². The molecule has 2 aliphatic rings. The number of carbonyl (C=O) groups excluding carboxylic acids is 2. The monoisotopic (exact) mass is 270 g/mol. The van der Waals surface area contributed by atoms with Gasteiger partial charge in [-0.25, -0.2) is 4.79 Å². The fraction of sp³-hybridized carbons (Fsp3) is 0.846. The molecule has 108 valence electrons. The lowest BCUT2D eigenvalue weighted by Gasteiger charge is -2.33. The molecule has 2 saturated heterocycles. The number of alkyl carbamates (subject to hydrolysis) is 1. The molecule has 2 rings (SSSR count). The lowest BCUT2D eigenvalue weighted by molar-refractivity contribution is -0.126. The first-order valence-electron chi connectivity index (χ1n) is 6.71. The molecule has 0 spiro atoms. The third-order valence-corrected chi connectivity index (χ3v) is 3.56. The number of carbonyl (C=O) groups is 2. The van der Waals surface area contributed by atoms with Crippen molar-refractivity contribution in [1.29, 1.82) is 0 Å². The lowest BCUT2D eigenvalue weighted by atomic mass is 9.82. The molecular formula is C13H22N2O4. The second-order valence-electron chi connectivity index (χ2n) is 6.16. The molecule has 6 nitrogen and oxygen atoms in total. The van der Waals surface area contributed by atoms with Crippen molar-refractivity contribution in [2.45, 2.75) is 44.8 Å². The third-order valence-electron chi connectivity index (χ3n) is 3.56. The molecule has 2 N–H and O–H groups in total. The van der Waals surface area contributed by atoms with Gasteiger partial charge in [0.25, 0.3) is 0 Å². The molecule has 0 unspecified atom stereocenters. The first kappa shape index (κ1) is 14.1. The van der Waals surface area contributed by atoms with Crippen molar-refractivity contribution in [3.63, 3.8) is 0 Å². The Hall–Kier alpha value is -1.30. The van der Waals surface area contributed by atoms with Crippen LogP contribution in [0.3, 0.4) is 0 Å². The maximum absolute atomic E-state index is 12.1. The largest absolute Gasteiger partial charge is 0.444 e. The van der Waals surface area contributed by atoms with Gasteiger partial charge in [0.1, 0.15) is 11.1 Å². The van der Waals surface area contributed by atoms with E-state index in [1.807, 2.05) is 0 Å². The van der Waals surface area contributed by atoms with Crippen LogP contribution in [0.25, 0.3) is 0 Å². The van der Waals surface area contributed by atoms with Crippen LogP contribution in [-0.4, -0.2) is 42.9 Å². The van der Waals surface area contributed by atoms with E-state index in [1.54, 1.807) is 20.8 Å². The summed E-state index contributed by atoms with van der Waals surface area (Å²) in [5, 5.41) is 5.58. The first-order valence-corrected chi connectivity index (χ1v) is 6.71. The minimum atomic E-state index is -0.876. The van der Waals surface area contributed by atoms with Gasteiger partial charge in [-0.3, -0.25) is 4.79 Å². The highest BCUT2D eigenvalue weighted by molar-refractivity contribution is 5.92. The topological polar surface area (TPSA) is 76.7 Å². The summed E-state index contributed by atoms with van der Waals surface area (Å²) in [5.74, 6) is -0.114. The van der Waals surface area contributed by atoms with E-state index in [0.717, 1.165) is 6.42 Å². The Bertz CT molecular complexity index is 371. The number of nitrogens with one attached hydrogen (secondary N) is 2. The van der Waals surface area contributed by atoms with Gasteiger partial charge in [-0.1, -0.05) is 0 Å². The Morgan fingerprint density at radius 1 is 1.53 bits per heavy atom. The Morgan fingerprint density at radius 3 is 2.74 bits per heavy atom. The van der Waals surface area contributed by atoms with Crippen molar-refractivity contribution < 1.29 is 19.1 Å². The summed E-state index contributed by atoms with van der Waals surface area (Å²) in [4.78, 5) is 24.1. The summed E-state index contributed by atoms with van der Waals surface area (Å²) in [6.07, 6.45) is 0.818. The molecule has 19 heavy (non-hydrogen) atoms. The van der Waals surface area contributed by atoms with Gasteiger partial charge in [-0.2, -0.15) is 0 Å². The minimum absolute atomic E-state index is 0.0162. The molecular weight excluding hydrogens is 248 g/mol. The highest BCUT2D eigenvalue weighted by atomic mass is 16.6. The summed E-state index contributed by atoms with van der Waals surface area (Å²) in [6.45, 7) is 7.11. The number of hydrogen-bond acceptors (Lipinski definition) is 4. The number of hydrogen-bond donors (Lipinski definition) is 2. The molecule has 2 amide bonds. The van der Waals surface area contributed by atoms with Crippen LogP contribution in [0.5, 0.6) is 0 Å². The number of amides is 2. The first-order chi connectivity index (χ1) is 8.83. The molecule has 0 aromatic rings. The van der Waals surface area contributed by atoms with Gasteiger partial charge < -0.3 is 20.1 Å². The van der Waals surface area contributed by atoms with Gasteiger partial charge in [0, 0.05) is 19.1 Å². The molecule has 0 aromatic carbocycles. The number of ether oxygens (including phenoxy) is 2. The second kappa shape index (κ2) is 5.00. The van der Waals surface area contributed by atoms with Gasteiger partial charge in [0.05, 0.1) is 6.61 Å². The van der Waals surface area contributed by atoms with Crippen molar-refractivity contribution in [2.75, 3.05) is 19.8 Å². The summed E-state index contributed by atoms with van der Waals surface area (Å²) >= 11 is 0. The van der Waals surface area contributed by atoms with Crippen LogP contribution in [-0.2, 0) is 14.3 Å². The summed E-state index contributed by atoms with van der Waals surface area (Å²) in [5.41, 5.74) is -1.45. The van der Waals surface area contributed by atoms with Gasteiger partial charge in [-0.05, 0) is 33.6 Å². The van der Waals surface area contributed by atoms with E-state index in [9.17, 15) is 9.59 Å². The molecule has 2 fully saturated rings. The van der Waals surface area contributed by atoms with E-state index in [0.29, 0.717) is 26.2 Å². The Labute approximate surface area is 113 Å². The molecule has 2 atom stereocenters. The van der Waals surface area contributed by atoms with Crippen LogP contribution in [0.15, 0.2) is 0 Å². The molecule has 2 aliphatic heterocycles. The van der Waals surface area contributed by atoms with Gasteiger partial charge in [0.2, 0.25) is 5.91 Å². The smallest absolute Gasteiger partial charge is 0.408 e. The van der Waals surface area contributed by atoms with Crippen LogP contribution >= 0.6 is 0 Å². The maximum Gasteiger partial charge on any atom is 0.408 e. The zero-order valence-electron chi connectivity index (χ0n) is 11.7. The highest BCUT2D eigenvalue weighted by Crippen LogP contribution is 2.32. The quantitative estimate of drug-likeness (QED) is 0.778. The standard InChI is InChI=1S/C13H22N2O4/c1-12(2,3)19-11(17)15-13(5-6-14-10(13)16)9-4-7-18-8-9/h9H,4-8H2,1-3H3,(H,14,16)(H,15,17)/t9-,13+/m1/s1. The molecule has 6 heteroatoms. The average Bonchev–Trinajstić information content (AvgIpc) is 2.86. The Balaban J connectivity index is 2.11. The minimum Gasteiger partial charge on any atom is -0.444 e. The van der Waals surface area contributed by atoms with Crippen molar-refractivity contribution in [3.8, 4) is 0 Å². The lowest BCUT2D eigenvalue weighted by Crippen LogP contribution is -2.59. The molecule has 0 aliphatic carbocycles. The molecule has 0 aromatic heterocycles. The van der Waals surface area contributed by atoms with Crippen LogP contribution in [0.4, 0.5) is 4.79 Å². The summed E-state index contributed by atoms with van der Waals surface area (Å²) in [7, 11) is 0. The normalized spacial score (nSPS) is 31.1. The van der Waals surface area contributed by atoms with Crippen molar-refractivity contribution >= 4 is 12.0 Å². The predicted molar refractivity (Wildman–Crippen MR) is 68.7 cm³/mol. The average molecular weight is 270 g/mol. The fourth-order valence-corrected chi connectivity index (χ4v) is 2.66. The molecule has 0 saturated carbocycles. The summed E-state index contributed by atoms with van der Waals surface area (Å²) in [6, 6.07) is 0. The van der Waals surface area contributed by atoms with Crippen LogP contribution < -0.4 is 10.6 Å². The third kappa shape index (κ3) is 3.00. The second-order valence-corrected chi connectivity index (χ2v) is 6.16. The molecule has 0 radical (unpaired) electrons. The van der Waals surface area contributed by atoms with Gasteiger partial charge in [0.15, 0.2) is 0 Å². The van der Waals surface area contributed by atoms with E-state index in [1.165, 1.54) is 0 Å². The van der Waals surface area contributed by atoms with Crippen molar-refractivity contribution in [2.24, 2.45) is 5.92 Å². The molecule has 0 bridgehead atoms. The maximum atomic E-state index is 12.1. The van der Waals surface area contributed by atoms with E-state index in [4.69, 9.17) is 9.47 Å². The summed E-state index contributed by atoms with van der Waals surface area (Å²) < 4.78 is 10.6. The van der Waals surface area contributed by atoms with E-state index in [2.05, 4.69) is 10.6 Å². The van der Waals surface area contributed by atoms with E-state index in [-0.39, 0.29) is 11.8 Å². The van der Waals surface area contributed by atoms with Crippen molar-refractivity contribution in [1.82, 2.24) is 10.6 Å². The Morgan fingerprint density at radius 2 is 2.26 bits per heavy atom. The SMILES string of the molecule is CC(C)(C)OC(=O)N[C@]1([C@@H]2CCOC2)CCNC1=O. The Kier molecular flexibility index (Phi) is 3.71. The van der Waals surface area contributed by atoms with Crippen LogP contribution in [0.2, 0.25) is 0 Å². The van der Waals surface area contributed by atoms with Crippen LogP contribution in [0.1, 0.15) is 33.6 Å². The van der Waals surface area contributed by atoms with Crippen molar-refractivity contribution in [3.05, 3.63) is 0 Å². The van der Waals surface area contributed by atoms with E-state index < -0.39 is 17.2 Å². The predicted octanol–water partition coefficient (Wildman–Crippen LogP) is 0.806. The van der Waals surface area contributed by atoms with Gasteiger partial charge >= 0.3 is 6.09 Å². The van der Waals surface area contributed by atoms with Crippen LogP contribution in [0, 0.1) is 5.92 Å². The highest BCUT2D eigenvalue weighted by Gasteiger charge is 2.51. The van der Waals surface area contributed by atoms with Gasteiger partial charge in [-0.15, -0.1) is 0 Å². The fourth-order valence-electron chi connectivity index (χ4n) is 2.66. The number of rotatable bonds is 2.